The zero-order valence-corrected chi connectivity index (χ0v) is 33.0. The van der Waals surface area contributed by atoms with Gasteiger partial charge >= 0.3 is 11.4 Å². The Morgan fingerprint density at radius 2 is 1.64 bits per heavy atom. The van der Waals surface area contributed by atoms with Gasteiger partial charge in [0.15, 0.2) is 11.5 Å². The summed E-state index contributed by atoms with van der Waals surface area (Å²) in [4.78, 5) is 76.8. The monoisotopic (exact) mass is 816 g/mol. The molecule has 2 amide bonds. The number of hydrogen-bond acceptors (Lipinski definition) is 11. The Kier molecular flexibility index (Phi) is 9.25. The van der Waals surface area contributed by atoms with Crippen LogP contribution >= 0.6 is 11.6 Å². The second-order valence-electron chi connectivity index (χ2n) is 14.6. The number of rotatable bonds is 9. The van der Waals surface area contributed by atoms with Crippen molar-refractivity contribution in [2.75, 3.05) is 33.3 Å². The molecule has 8 rings (SSSR count). The number of carbonyl (C=O) groups is 2. The highest BCUT2D eigenvalue weighted by Gasteiger charge is 2.66. The van der Waals surface area contributed by atoms with E-state index in [2.05, 4.69) is 4.98 Å². The Hall–Kier alpha value is -6.36. The third kappa shape index (κ3) is 5.46. The number of aryl methyl sites for hydroxylation is 2. The van der Waals surface area contributed by atoms with Gasteiger partial charge in [-0.1, -0.05) is 17.7 Å². The summed E-state index contributed by atoms with van der Waals surface area (Å²) in [6.45, 7) is 1.31. The number of aromatic hydroxyl groups is 1. The summed E-state index contributed by atoms with van der Waals surface area (Å²) in [5.41, 5.74) is -1.65. The molecule has 0 bridgehead atoms. The van der Waals surface area contributed by atoms with E-state index >= 15 is 0 Å². The molecule has 302 valence electrons. The van der Waals surface area contributed by atoms with Gasteiger partial charge in [-0.15, -0.1) is 0 Å². The van der Waals surface area contributed by atoms with E-state index in [1.165, 1.54) is 66.6 Å². The molecule has 4 heterocycles. The summed E-state index contributed by atoms with van der Waals surface area (Å²) < 4.78 is 41.1. The van der Waals surface area contributed by atoms with E-state index in [0.29, 0.717) is 28.1 Å². The Bertz CT molecular complexity index is 2810. The fourth-order valence-electron chi connectivity index (χ4n) is 8.95. The number of fused-ring (bicyclic) bond motifs is 5. The number of imide groups is 1. The minimum Gasteiger partial charge on any atom is -0.507 e. The van der Waals surface area contributed by atoms with Gasteiger partial charge in [-0.05, 0) is 37.1 Å². The molecule has 1 saturated carbocycles. The molecule has 0 radical (unpaired) electrons. The molecular formula is C40H38ClFN6O10. The minimum absolute atomic E-state index is 0.0462. The van der Waals surface area contributed by atoms with Crippen LogP contribution in [0.4, 0.5) is 10.1 Å². The third-order valence-electron chi connectivity index (χ3n) is 11.8. The maximum atomic E-state index is 14.8. The number of benzene rings is 3. The first-order chi connectivity index (χ1) is 27.7. The average molecular weight is 817 g/mol. The Morgan fingerprint density at radius 3 is 2.31 bits per heavy atom. The van der Waals surface area contributed by atoms with Gasteiger partial charge in [-0.2, -0.15) is 0 Å². The van der Waals surface area contributed by atoms with Crippen molar-refractivity contribution < 1.29 is 38.0 Å². The number of halogens is 2. The summed E-state index contributed by atoms with van der Waals surface area (Å²) in [5.74, 6) is -3.26. The standard InChI is InChI=1S/C40H38ClFN6O10/c1-40-22(35(50)47(37(40)52)19-7-8-24(42)23(41)13-19)16-27-21(34(40)33-29(49)14-20(55-3)15-32(33)58-6)9-12-46-38(53)45(39(54)48(27)46)11-10-25-36(51)44(2)28-18-31(57-5)30(56-4)17-26(28)43-25/h7-9,13-15,17-18,22,27,34,49H,10-12,16H2,1-6H3/t22-,27+,34+,40+/m0/s1. The Morgan fingerprint density at radius 1 is 0.931 bits per heavy atom. The lowest BCUT2D eigenvalue weighted by atomic mass is 9.56. The molecular weight excluding hydrogens is 779 g/mol. The van der Waals surface area contributed by atoms with Gasteiger partial charge in [0.25, 0.3) is 5.56 Å². The summed E-state index contributed by atoms with van der Waals surface area (Å²) in [6.07, 6.45) is 1.56. The van der Waals surface area contributed by atoms with E-state index in [0.717, 1.165) is 15.5 Å². The van der Waals surface area contributed by atoms with Crippen molar-refractivity contribution >= 4 is 40.1 Å². The third-order valence-corrected chi connectivity index (χ3v) is 12.1. The number of phenols is 1. The highest BCUT2D eigenvalue weighted by atomic mass is 35.5. The van der Waals surface area contributed by atoms with Crippen LogP contribution in [-0.4, -0.2) is 68.8 Å². The lowest BCUT2D eigenvalue weighted by Gasteiger charge is -2.47. The highest BCUT2D eigenvalue weighted by Crippen LogP contribution is 2.63. The summed E-state index contributed by atoms with van der Waals surface area (Å²) >= 11 is 6.11. The number of phenolic OH excluding ortho intramolecular Hbond substituents is 1. The molecule has 58 heavy (non-hydrogen) atoms. The molecule has 2 aromatic heterocycles. The van der Waals surface area contributed by atoms with E-state index in [1.54, 1.807) is 32.2 Å². The van der Waals surface area contributed by atoms with Crippen LogP contribution in [-0.2, 0) is 36.1 Å². The van der Waals surface area contributed by atoms with Gasteiger partial charge in [-0.3, -0.25) is 14.4 Å². The van der Waals surface area contributed by atoms with Crippen molar-refractivity contribution in [1.29, 1.82) is 0 Å². The van der Waals surface area contributed by atoms with Crippen molar-refractivity contribution in [2.45, 2.75) is 44.8 Å². The van der Waals surface area contributed by atoms with Crippen molar-refractivity contribution in [1.82, 2.24) is 23.5 Å². The van der Waals surface area contributed by atoms with Crippen LogP contribution in [0.15, 0.2) is 68.5 Å². The average Bonchev–Trinajstić information content (AvgIpc) is 3.57. The van der Waals surface area contributed by atoms with Gasteiger partial charge in [0, 0.05) is 55.8 Å². The second kappa shape index (κ2) is 13.9. The first kappa shape index (κ1) is 38.5. The molecule has 1 saturated heterocycles. The van der Waals surface area contributed by atoms with Gasteiger partial charge in [-0.25, -0.2) is 37.8 Å². The smallest absolute Gasteiger partial charge is 0.347 e. The molecule has 0 spiro atoms. The highest BCUT2D eigenvalue weighted by molar-refractivity contribution is 6.31. The van der Waals surface area contributed by atoms with Crippen molar-refractivity contribution in [3.63, 3.8) is 0 Å². The lowest BCUT2D eigenvalue weighted by Crippen LogP contribution is -2.49. The van der Waals surface area contributed by atoms with Crippen LogP contribution in [0.2, 0.25) is 5.02 Å². The van der Waals surface area contributed by atoms with E-state index in [-0.39, 0.29) is 65.1 Å². The number of carbonyl (C=O) groups excluding carboxylic acids is 2. The number of anilines is 1. The largest absolute Gasteiger partial charge is 0.507 e. The van der Waals surface area contributed by atoms with Crippen molar-refractivity contribution in [3.05, 3.63) is 108 Å². The quantitative estimate of drug-likeness (QED) is 0.170. The van der Waals surface area contributed by atoms with Crippen LogP contribution in [0.5, 0.6) is 28.7 Å². The lowest BCUT2D eigenvalue weighted by molar-refractivity contribution is -0.129. The number of nitrogens with zero attached hydrogens (tertiary/aromatic N) is 6. The normalized spacial score (nSPS) is 21.1. The molecule has 2 aliphatic heterocycles. The number of methoxy groups -OCH3 is 4. The van der Waals surface area contributed by atoms with Crippen LogP contribution in [0.25, 0.3) is 11.0 Å². The van der Waals surface area contributed by atoms with Gasteiger partial charge in [0.05, 0.1) is 74.1 Å². The molecule has 16 nitrogen and oxygen atoms in total. The Balaban J connectivity index is 1.24. The number of allylic oxidation sites excluding steroid dienone is 2. The maximum Gasteiger partial charge on any atom is 0.347 e. The molecule has 4 atom stereocenters. The number of amides is 2. The molecule has 2 fully saturated rings. The zero-order chi connectivity index (χ0) is 41.5. The zero-order valence-electron chi connectivity index (χ0n) is 32.2. The minimum atomic E-state index is -1.58. The molecule has 5 aromatic rings. The van der Waals surface area contributed by atoms with Crippen LogP contribution < -0.4 is 40.8 Å². The predicted octanol–water partition coefficient (Wildman–Crippen LogP) is 3.70. The molecule has 1 N–H and O–H groups in total. The van der Waals surface area contributed by atoms with Crippen molar-refractivity contribution in [3.8, 4) is 28.7 Å². The van der Waals surface area contributed by atoms with Crippen LogP contribution in [0, 0.1) is 17.2 Å². The van der Waals surface area contributed by atoms with Gasteiger partial charge in [0.2, 0.25) is 11.8 Å². The predicted molar refractivity (Wildman–Crippen MR) is 208 cm³/mol. The van der Waals surface area contributed by atoms with E-state index in [1.807, 2.05) is 0 Å². The Labute approximate surface area is 333 Å². The second-order valence-corrected chi connectivity index (χ2v) is 15.0. The fraction of sp³-hybridized carbons (Fsp3) is 0.350. The summed E-state index contributed by atoms with van der Waals surface area (Å²) in [7, 11) is 7.33. The van der Waals surface area contributed by atoms with Crippen LogP contribution in [0.1, 0.15) is 36.6 Å². The maximum absolute atomic E-state index is 14.8. The molecule has 1 aliphatic carbocycles. The van der Waals surface area contributed by atoms with E-state index < -0.39 is 57.9 Å². The van der Waals surface area contributed by atoms with E-state index in [4.69, 9.17) is 30.5 Å². The first-order valence-corrected chi connectivity index (χ1v) is 18.6. The molecule has 18 heteroatoms. The number of hydrogen-bond donors (Lipinski definition) is 1. The SMILES string of the molecule is COc1cc(O)c([C@H]2C3=CCn4c(=O)n(CCc5nc6cc(OC)c(OC)cc6n(C)c5=O)c(=O)n4[C@@H]3C[C@H]3C(=O)N(c4ccc(F)c(Cl)c4)C(=O)[C@@]23C)c(OC)c1. The van der Waals surface area contributed by atoms with Crippen molar-refractivity contribution in [2.24, 2.45) is 18.4 Å². The molecule has 0 unspecified atom stereocenters. The summed E-state index contributed by atoms with van der Waals surface area (Å²) in [5, 5.41) is 11.3. The fourth-order valence-corrected chi connectivity index (χ4v) is 9.12. The molecule has 3 aliphatic rings. The molecule has 3 aromatic carbocycles. The van der Waals surface area contributed by atoms with Crippen LogP contribution in [0.3, 0.4) is 0 Å². The first-order valence-electron chi connectivity index (χ1n) is 18.2. The number of aromatic nitrogens is 5. The number of ether oxygens (including phenoxy) is 4. The van der Waals surface area contributed by atoms with Gasteiger partial charge < -0.3 is 28.6 Å². The summed E-state index contributed by atoms with van der Waals surface area (Å²) in [6, 6.07) is 8.73. The topological polar surface area (TPSA) is 178 Å². The van der Waals surface area contributed by atoms with E-state index in [9.17, 15) is 33.5 Å². The van der Waals surface area contributed by atoms with Gasteiger partial charge in [0.1, 0.15) is 28.8 Å².